The first kappa shape index (κ1) is 15.4. The van der Waals surface area contributed by atoms with E-state index < -0.39 is 0 Å². The normalized spacial score (nSPS) is 12.0. The summed E-state index contributed by atoms with van der Waals surface area (Å²) < 4.78 is 0. The highest BCUT2D eigenvalue weighted by Gasteiger charge is 2.14. The van der Waals surface area contributed by atoms with Gasteiger partial charge in [-0.05, 0) is 50.1 Å². The first-order valence-corrected chi connectivity index (χ1v) is 7.19. The summed E-state index contributed by atoms with van der Waals surface area (Å²) in [4.78, 5) is 12.3. The zero-order chi connectivity index (χ0) is 15.6. The van der Waals surface area contributed by atoms with E-state index in [-0.39, 0.29) is 11.9 Å². The van der Waals surface area contributed by atoms with Crippen LogP contribution in [0.3, 0.4) is 0 Å². The summed E-state index contributed by atoms with van der Waals surface area (Å²) in [6.07, 6.45) is 0. The molecule has 0 saturated heterocycles. The average Bonchev–Trinajstić information content (AvgIpc) is 2.41. The first-order valence-electron chi connectivity index (χ1n) is 6.81. The molecular weight excluding hydrogens is 284 g/mol. The summed E-state index contributed by atoms with van der Waals surface area (Å²) in [7, 11) is 0. The van der Waals surface area contributed by atoms with E-state index in [4.69, 9.17) is 17.3 Å². The maximum atomic E-state index is 12.3. The fourth-order valence-corrected chi connectivity index (χ4v) is 2.52. The number of nitrogens with two attached hydrogens (primary N) is 1. The second kappa shape index (κ2) is 6.19. The van der Waals surface area contributed by atoms with Gasteiger partial charge in [-0.3, -0.25) is 4.79 Å². The van der Waals surface area contributed by atoms with E-state index in [1.807, 2.05) is 26.0 Å². The Morgan fingerprint density at radius 3 is 2.52 bits per heavy atom. The molecule has 0 heterocycles. The minimum absolute atomic E-state index is 0.0746. The average molecular weight is 303 g/mol. The van der Waals surface area contributed by atoms with E-state index in [9.17, 15) is 4.79 Å². The smallest absolute Gasteiger partial charge is 0.251 e. The van der Waals surface area contributed by atoms with Gasteiger partial charge in [0.25, 0.3) is 5.91 Å². The van der Waals surface area contributed by atoms with Gasteiger partial charge in [0, 0.05) is 5.56 Å². The second-order valence-electron chi connectivity index (χ2n) is 5.29. The Labute approximate surface area is 130 Å². The Hall–Kier alpha value is -2.00. The fraction of sp³-hybridized carbons (Fsp3) is 0.235. The number of anilines is 1. The molecule has 1 atom stereocenters. The molecule has 0 aliphatic heterocycles. The summed E-state index contributed by atoms with van der Waals surface area (Å²) in [6.45, 7) is 6.07. The predicted molar refractivity (Wildman–Crippen MR) is 87.7 cm³/mol. The lowest BCUT2D eigenvalue weighted by molar-refractivity contribution is 0.0940. The molecule has 0 fully saturated rings. The number of hydrogen-bond donors (Lipinski definition) is 2. The Morgan fingerprint density at radius 2 is 1.90 bits per heavy atom. The summed E-state index contributed by atoms with van der Waals surface area (Å²) in [6, 6.07) is 11.0. The van der Waals surface area contributed by atoms with Crippen molar-refractivity contribution in [3.8, 4) is 0 Å². The van der Waals surface area contributed by atoms with Crippen molar-refractivity contribution in [3.05, 3.63) is 63.7 Å². The van der Waals surface area contributed by atoms with Gasteiger partial charge in [0.1, 0.15) is 0 Å². The van der Waals surface area contributed by atoms with Crippen molar-refractivity contribution in [2.75, 3.05) is 5.73 Å². The Morgan fingerprint density at radius 1 is 1.19 bits per heavy atom. The molecule has 0 aliphatic carbocycles. The van der Waals surface area contributed by atoms with Crippen LogP contribution in [0.15, 0.2) is 36.4 Å². The minimum atomic E-state index is -0.163. The lowest BCUT2D eigenvalue weighted by Crippen LogP contribution is -2.27. The third-order valence-electron chi connectivity index (χ3n) is 3.50. The van der Waals surface area contributed by atoms with Crippen LogP contribution in [-0.2, 0) is 0 Å². The van der Waals surface area contributed by atoms with E-state index >= 15 is 0 Å². The molecule has 0 spiro atoms. The van der Waals surface area contributed by atoms with Gasteiger partial charge < -0.3 is 11.1 Å². The van der Waals surface area contributed by atoms with Crippen molar-refractivity contribution in [2.24, 2.45) is 0 Å². The SMILES string of the molecule is Cc1ccc(C(C)NC(=O)c2ccc(N)c(Cl)c2)c(C)c1. The predicted octanol–water partition coefficient (Wildman–Crippen LogP) is 4.03. The standard InChI is InChI=1S/C17H19ClN2O/c1-10-4-6-14(11(2)8-10)12(3)20-17(21)13-5-7-16(19)15(18)9-13/h4-9,12H,19H2,1-3H3,(H,20,21). The lowest BCUT2D eigenvalue weighted by atomic mass is 10.00. The molecule has 0 aromatic heterocycles. The highest BCUT2D eigenvalue weighted by atomic mass is 35.5. The highest BCUT2D eigenvalue weighted by molar-refractivity contribution is 6.33. The van der Waals surface area contributed by atoms with Crippen molar-refractivity contribution in [2.45, 2.75) is 26.8 Å². The molecule has 1 unspecified atom stereocenters. The molecule has 2 rings (SSSR count). The third kappa shape index (κ3) is 3.56. The minimum Gasteiger partial charge on any atom is -0.398 e. The van der Waals surface area contributed by atoms with Crippen molar-refractivity contribution in [1.82, 2.24) is 5.32 Å². The van der Waals surface area contributed by atoms with Gasteiger partial charge in [-0.2, -0.15) is 0 Å². The Kier molecular flexibility index (Phi) is 4.53. The molecule has 1 amide bonds. The summed E-state index contributed by atoms with van der Waals surface area (Å²) in [5.74, 6) is -0.163. The first-order chi connectivity index (χ1) is 9.88. The number of hydrogen-bond acceptors (Lipinski definition) is 2. The van der Waals surface area contributed by atoms with Crippen LogP contribution in [0.2, 0.25) is 5.02 Å². The van der Waals surface area contributed by atoms with Gasteiger partial charge in [0.2, 0.25) is 0 Å². The number of amides is 1. The van der Waals surface area contributed by atoms with E-state index in [1.54, 1.807) is 18.2 Å². The topological polar surface area (TPSA) is 55.1 Å². The van der Waals surface area contributed by atoms with Crippen molar-refractivity contribution in [1.29, 1.82) is 0 Å². The number of benzene rings is 2. The van der Waals surface area contributed by atoms with E-state index in [0.717, 1.165) is 11.1 Å². The highest BCUT2D eigenvalue weighted by Crippen LogP contribution is 2.22. The largest absolute Gasteiger partial charge is 0.398 e. The quantitative estimate of drug-likeness (QED) is 0.841. The number of rotatable bonds is 3. The number of aryl methyl sites for hydroxylation is 2. The number of carbonyl (C=O) groups excluding carboxylic acids is 1. The zero-order valence-electron chi connectivity index (χ0n) is 12.4. The molecule has 110 valence electrons. The molecular formula is C17H19ClN2O. The summed E-state index contributed by atoms with van der Waals surface area (Å²) in [5.41, 5.74) is 10.1. The molecule has 2 aromatic rings. The second-order valence-corrected chi connectivity index (χ2v) is 5.70. The molecule has 0 aliphatic rings. The van der Waals surface area contributed by atoms with Gasteiger partial charge in [-0.1, -0.05) is 35.4 Å². The molecule has 0 bridgehead atoms. The van der Waals surface area contributed by atoms with Gasteiger partial charge in [0.15, 0.2) is 0 Å². The van der Waals surface area contributed by atoms with Crippen LogP contribution < -0.4 is 11.1 Å². The van der Waals surface area contributed by atoms with Crippen LogP contribution in [0.1, 0.15) is 40.0 Å². The molecule has 4 heteroatoms. The Bertz CT molecular complexity index is 682. The number of halogens is 1. The van der Waals surface area contributed by atoms with Crippen LogP contribution in [0.25, 0.3) is 0 Å². The summed E-state index contributed by atoms with van der Waals surface area (Å²) in [5, 5.41) is 3.37. The monoisotopic (exact) mass is 302 g/mol. The van der Waals surface area contributed by atoms with Crippen molar-refractivity contribution >= 4 is 23.2 Å². The van der Waals surface area contributed by atoms with Gasteiger partial charge in [-0.25, -0.2) is 0 Å². The molecule has 0 radical (unpaired) electrons. The van der Waals surface area contributed by atoms with E-state index in [2.05, 4.69) is 18.3 Å². The molecule has 2 aromatic carbocycles. The van der Waals surface area contributed by atoms with Crippen LogP contribution in [0, 0.1) is 13.8 Å². The zero-order valence-corrected chi connectivity index (χ0v) is 13.2. The third-order valence-corrected chi connectivity index (χ3v) is 3.83. The number of carbonyl (C=O) groups is 1. The number of nitrogens with one attached hydrogen (secondary N) is 1. The van der Waals surface area contributed by atoms with E-state index in [0.29, 0.717) is 16.3 Å². The van der Waals surface area contributed by atoms with Crippen molar-refractivity contribution < 1.29 is 4.79 Å². The van der Waals surface area contributed by atoms with Crippen molar-refractivity contribution in [3.63, 3.8) is 0 Å². The van der Waals surface area contributed by atoms with Gasteiger partial charge >= 0.3 is 0 Å². The molecule has 21 heavy (non-hydrogen) atoms. The Balaban J connectivity index is 2.16. The van der Waals surface area contributed by atoms with Crippen LogP contribution in [-0.4, -0.2) is 5.91 Å². The molecule has 3 nitrogen and oxygen atoms in total. The number of nitrogen functional groups attached to an aromatic ring is 1. The summed E-state index contributed by atoms with van der Waals surface area (Å²) >= 11 is 5.95. The van der Waals surface area contributed by atoms with Crippen LogP contribution in [0.5, 0.6) is 0 Å². The lowest BCUT2D eigenvalue weighted by Gasteiger charge is -2.17. The molecule has 0 saturated carbocycles. The maximum Gasteiger partial charge on any atom is 0.251 e. The van der Waals surface area contributed by atoms with Gasteiger partial charge in [-0.15, -0.1) is 0 Å². The maximum absolute atomic E-state index is 12.3. The van der Waals surface area contributed by atoms with E-state index in [1.165, 1.54) is 5.56 Å². The van der Waals surface area contributed by atoms with Gasteiger partial charge in [0.05, 0.1) is 16.8 Å². The molecule has 3 N–H and O–H groups in total. The fourth-order valence-electron chi connectivity index (χ4n) is 2.34. The van der Waals surface area contributed by atoms with Crippen LogP contribution >= 0.6 is 11.6 Å². The van der Waals surface area contributed by atoms with Crippen LogP contribution in [0.4, 0.5) is 5.69 Å².